The minimum atomic E-state index is -3.64. The number of hydrazone groups is 1. The van der Waals surface area contributed by atoms with E-state index in [0.717, 1.165) is 5.56 Å². The molecule has 0 radical (unpaired) electrons. The van der Waals surface area contributed by atoms with Crippen molar-refractivity contribution < 1.29 is 22.7 Å². The molecule has 0 aromatic heterocycles. The van der Waals surface area contributed by atoms with Gasteiger partial charge in [0.2, 0.25) is 15.9 Å². The Kier molecular flexibility index (Phi) is 7.29. The first-order chi connectivity index (χ1) is 14.8. The number of nitrogens with zero attached hydrogens (tertiary/aromatic N) is 2. The number of carbonyl (C=O) groups is 1. The van der Waals surface area contributed by atoms with Crippen LogP contribution < -0.4 is 14.9 Å². The molecule has 166 valence electrons. The van der Waals surface area contributed by atoms with Gasteiger partial charge >= 0.3 is 0 Å². The molecule has 2 aromatic carbocycles. The summed E-state index contributed by atoms with van der Waals surface area (Å²) in [5, 5.41) is 4.02. The first-order valence-electron chi connectivity index (χ1n) is 9.96. The number of sulfonamides is 1. The molecule has 9 heteroatoms. The smallest absolute Gasteiger partial charge is 0.244 e. The third kappa shape index (κ3) is 5.62. The molecule has 1 aliphatic rings. The van der Waals surface area contributed by atoms with Crippen molar-refractivity contribution in [1.29, 1.82) is 0 Å². The lowest BCUT2D eigenvalue weighted by Gasteiger charge is -2.30. The summed E-state index contributed by atoms with van der Waals surface area (Å²) in [6.07, 6.45) is 2.71. The second-order valence-electron chi connectivity index (χ2n) is 7.40. The Morgan fingerprint density at radius 1 is 1.13 bits per heavy atom. The number of piperidine rings is 1. The van der Waals surface area contributed by atoms with Gasteiger partial charge in [-0.05, 0) is 44.0 Å². The molecule has 1 unspecified atom stereocenters. The Morgan fingerprint density at radius 3 is 2.39 bits per heavy atom. The number of rotatable bonds is 7. The van der Waals surface area contributed by atoms with Gasteiger partial charge in [0.15, 0.2) is 0 Å². The lowest BCUT2D eigenvalue weighted by molar-refractivity contribution is -0.126. The topological polar surface area (TPSA) is 97.3 Å². The maximum atomic E-state index is 12.9. The predicted molar refractivity (Wildman–Crippen MR) is 118 cm³/mol. The molecule has 1 heterocycles. The maximum absolute atomic E-state index is 12.9. The van der Waals surface area contributed by atoms with E-state index in [9.17, 15) is 13.2 Å². The number of hydrogen-bond acceptors (Lipinski definition) is 6. The van der Waals surface area contributed by atoms with Gasteiger partial charge in [0.25, 0.3) is 0 Å². The van der Waals surface area contributed by atoms with E-state index in [1.807, 2.05) is 6.92 Å². The van der Waals surface area contributed by atoms with Crippen molar-refractivity contribution in [1.82, 2.24) is 9.73 Å². The third-order valence-corrected chi connectivity index (χ3v) is 7.06. The number of methoxy groups -OCH3 is 2. The van der Waals surface area contributed by atoms with Crippen molar-refractivity contribution in [2.45, 2.75) is 24.7 Å². The molecule has 0 bridgehead atoms. The molecule has 8 nitrogen and oxygen atoms in total. The summed E-state index contributed by atoms with van der Waals surface area (Å²) in [4.78, 5) is 12.8. The molecule has 3 rings (SSSR count). The number of ether oxygens (including phenoxy) is 2. The molecule has 1 atom stereocenters. The van der Waals surface area contributed by atoms with Gasteiger partial charge in [0.1, 0.15) is 11.5 Å². The van der Waals surface area contributed by atoms with E-state index in [1.165, 1.54) is 10.5 Å². The van der Waals surface area contributed by atoms with Crippen LogP contribution in [0.3, 0.4) is 0 Å². The van der Waals surface area contributed by atoms with Crippen LogP contribution in [0.1, 0.15) is 24.0 Å². The third-order valence-electron chi connectivity index (χ3n) is 5.18. The van der Waals surface area contributed by atoms with Gasteiger partial charge in [-0.1, -0.05) is 17.7 Å². The van der Waals surface area contributed by atoms with E-state index >= 15 is 0 Å². The van der Waals surface area contributed by atoms with Crippen molar-refractivity contribution >= 4 is 22.1 Å². The number of benzene rings is 2. The minimum Gasteiger partial charge on any atom is -0.497 e. The van der Waals surface area contributed by atoms with E-state index < -0.39 is 15.9 Å². The lowest BCUT2D eigenvalue weighted by atomic mass is 9.99. The monoisotopic (exact) mass is 445 g/mol. The second-order valence-corrected chi connectivity index (χ2v) is 9.33. The summed E-state index contributed by atoms with van der Waals surface area (Å²) >= 11 is 0. The van der Waals surface area contributed by atoms with Gasteiger partial charge in [0, 0.05) is 24.7 Å². The van der Waals surface area contributed by atoms with E-state index in [0.29, 0.717) is 36.4 Å². The Balaban J connectivity index is 1.65. The van der Waals surface area contributed by atoms with E-state index in [-0.39, 0.29) is 17.3 Å². The second kappa shape index (κ2) is 9.93. The van der Waals surface area contributed by atoms with Gasteiger partial charge in [-0.3, -0.25) is 4.79 Å². The molecule has 2 aromatic rings. The highest BCUT2D eigenvalue weighted by atomic mass is 32.2. The first kappa shape index (κ1) is 22.8. The zero-order valence-corrected chi connectivity index (χ0v) is 18.7. The van der Waals surface area contributed by atoms with Crippen LogP contribution in [0.25, 0.3) is 0 Å². The lowest BCUT2D eigenvalue weighted by Crippen LogP contribution is -2.44. The Bertz CT molecular complexity index is 1030. The van der Waals surface area contributed by atoms with Crippen LogP contribution in [0.5, 0.6) is 11.5 Å². The summed E-state index contributed by atoms with van der Waals surface area (Å²) in [6, 6.07) is 12.0. The summed E-state index contributed by atoms with van der Waals surface area (Å²) in [5.41, 5.74) is 4.21. The maximum Gasteiger partial charge on any atom is 0.244 e. The van der Waals surface area contributed by atoms with Crippen LogP contribution in [0, 0.1) is 12.8 Å². The number of amides is 1. The van der Waals surface area contributed by atoms with Gasteiger partial charge in [0.05, 0.1) is 31.2 Å². The molecule has 31 heavy (non-hydrogen) atoms. The number of carbonyl (C=O) groups excluding carboxylic acids is 1. The molecule has 0 spiro atoms. The standard InChI is InChI=1S/C22H27N3O5S/c1-16-6-8-21(9-7-16)31(27,28)25-10-4-5-18(15-25)22(26)24-23-14-17-11-19(29-2)13-20(12-17)30-3/h6-9,11-14,18H,4-5,10,15H2,1-3H3,(H,24,26). The van der Waals surface area contributed by atoms with E-state index in [4.69, 9.17) is 9.47 Å². The highest BCUT2D eigenvalue weighted by molar-refractivity contribution is 7.89. The minimum absolute atomic E-state index is 0.130. The molecule has 1 N–H and O–H groups in total. The molecule has 0 saturated carbocycles. The molecule has 1 fully saturated rings. The van der Waals surface area contributed by atoms with Crippen molar-refractivity contribution in [3.05, 3.63) is 53.6 Å². The van der Waals surface area contributed by atoms with Crippen molar-refractivity contribution in [2.75, 3.05) is 27.3 Å². The van der Waals surface area contributed by atoms with Gasteiger partial charge in [-0.25, -0.2) is 13.8 Å². The van der Waals surface area contributed by atoms with Crippen molar-refractivity contribution in [3.8, 4) is 11.5 Å². The highest BCUT2D eigenvalue weighted by Gasteiger charge is 2.33. The molecular weight excluding hydrogens is 418 g/mol. The molecule has 0 aliphatic carbocycles. The highest BCUT2D eigenvalue weighted by Crippen LogP contribution is 2.24. The summed E-state index contributed by atoms with van der Waals surface area (Å²) in [7, 11) is -0.532. The van der Waals surface area contributed by atoms with Crippen molar-refractivity contribution in [3.63, 3.8) is 0 Å². The van der Waals surface area contributed by atoms with E-state index in [2.05, 4.69) is 10.5 Å². The normalized spacial score (nSPS) is 17.5. The fourth-order valence-corrected chi connectivity index (χ4v) is 4.92. The summed E-state index contributed by atoms with van der Waals surface area (Å²) < 4.78 is 37.7. The Labute approximate surface area is 182 Å². The Morgan fingerprint density at radius 2 is 1.77 bits per heavy atom. The average Bonchev–Trinajstić information content (AvgIpc) is 2.79. The van der Waals surface area contributed by atoms with Gasteiger partial charge in [-0.15, -0.1) is 0 Å². The van der Waals surface area contributed by atoms with Crippen LogP contribution in [0.4, 0.5) is 0 Å². The van der Waals surface area contributed by atoms with Crippen LogP contribution in [0.2, 0.25) is 0 Å². The van der Waals surface area contributed by atoms with Gasteiger partial charge in [-0.2, -0.15) is 9.41 Å². The summed E-state index contributed by atoms with van der Waals surface area (Å²) in [5.74, 6) is 0.439. The SMILES string of the molecule is COc1cc(C=NNC(=O)C2CCCN(S(=O)(=O)c3ccc(C)cc3)C2)cc(OC)c1. The Hall–Kier alpha value is -2.91. The van der Waals surface area contributed by atoms with Crippen LogP contribution in [0.15, 0.2) is 52.5 Å². The predicted octanol–water partition coefficient (Wildman–Crippen LogP) is 2.56. The zero-order chi connectivity index (χ0) is 22.4. The average molecular weight is 446 g/mol. The quantitative estimate of drug-likeness (QED) is 0.522. The fourth-order valence-electron chi connectivity index (χ4n) is 3.40. The van der Waals surface area contributed by atoms with E-state index in [1.54, 1.807) is 56.7 Å². The first-order valence-corrected chi connectivity index (χ1v) is 11.4. The van der Waals surface area contributed by atoms with Crippen molar-refractivity contribution in [2.24, 2.45) is 11.0 Å². The van der Waals surface area contributed by atoms with Crippen LogP contribution in [-0.2, 0) is 14.8 Å². The molecule has 1 amide bonds. The number of hydrogen-bond donors (Lipinski definition) is 1. The zero-order valence-electron chi connectivity index (χ0n) is 17.9. The van der Waals surface area contributed by atoms with Crippen LogP contribution >= 0.6 is 0 Å². The largest absolute Gasteiger partial charge is 0.497 e. The number of aryl methyl sites for hydroxylation is 1. The molecular formula is C22H27N3O5S. The van der Waals surface area contributed by atoms with Crippen LogP contribution in [-0.4, -0.2) is 52.2 Å². The summed E-state index contributed by atoms with van der Waals surface area (Å²) in [6.45, 7) is 2.43. The number of nitrogens with one attached hydrogen (secondary N) is 1. The fraction of sp³-hybridized carbons (Fsp3) is 0.364. The van der Waals surface area contributed by atoms with Gasteiger partial charge < -0.3 is 9.47 Å². The molecule has 1 aliphatic heterocycles. The molecule has 1 saturated heterocycles.